The van der Waals surface area contributed by atoms with Gasteiger partial charge in [-0.05, 0) is 55.0 Å². The van der Waals surface area contributed by atoms with E-state index >= 15 is 0 Å². The summed E-state index contributed by atoms with van der Waals surface area (Å²) in [7, 11) is 0. The Morgan fingerprint density at radius 1 is 1.26 bits per heavy atom. The highest BCUT2D eigenvalue weighted by Crippen LogP contribution is 2.37. The Morgan fingerprint density at radius 3 is 2.85 bits per heavy atom. The van der Waals surface area contributed by atoms with Crippen molar-refractivity contribution >= 4 is 23.2 Å². The first-order valence-corrected chi connectivity index (χ1v) is 9.51. The van der Waals surface area contributed by atoms with Gasteiger partial charge in [0.05, 0.1) is 11.3 Å². The highest BCUT2D eigenvalue weighted by Gasteiger charge is 2.31. The van der Waals surface area contributed by atoms with E-state index in [1.54, 1.807) is 25.1 Å². The van der Waals surface area contributed by atoms with Crippen LogP contribution in [0.3, 0.4) is 0 Å². The summed E-state index contributed by atoms with van der Waals surface area (Å²) in [6, 6.07) is 11.7. The predicted octanol–water partition coefficient (Wildman–Crippen LogP) is 4.12. The summed E-state index contributed by atoms with van der Waals surface area (Å²) in [5, 5.41) is 2.81. The van der Waals surface area contributed by atoms with Gasteiger partial charge in [0, 0.05) is 12.2 Å². The molecule has 2 aliphatic heterocycles. The zero-order valence-electron chi connectivity index (χ0n) is 15.9. The van der Waals surface area contributed by atoms with Crippen LogP contribution in [0.2, 0.25) is 0 Å². The minimum absolute atomic E-state index is 0.0894. The maximum atomic E-state index is 13.4. The van der Waals surface area contributed by atoms with E-state index in [0.29, 0.717) is 29.5 Å². The molecule has 0 saturated carbocycles. The van der Waals surface area contributed by atoms with Gasteiger partial charge in [-0.15, -0.1) is 0 Å². The number of fused-ring (bicyclic) bond motifs is 2. The van der Waals surface area contributed by atoms with Gasteiger partial charge in [0.2, 0.25) is 0 Å². The molecule has 0 saturated heterocycles. The third kappa shape index (κ3) is 3.07. The van der Waals surface area contributed by atoms with E-state index in [0.717, 1.165) is 18.5 Å². The van der Waals surface area contributed by atoms with E-state index in [1.807, 2.05) is 4.90 Å². The van der Waals surface area contributed by atoms with Crippen LogP contribution >= 0.6 is 0 Å². The van der Waals surface area contributed by atoms with Gasteiger partial charge in [-0.25, -0.2) is 0 Å². The number of hydrogen-bond donors (Lipinski definition) is 1. The molecule has 27 heavy (non-hydrogen) atoms. The molecule has 0 bridgehead atoms. The first-order chi connectivity index (χ1) is 13.0. The number of anilines is 2. The van der Waals surface area contributed by atoms with Crippen molar-refractivity contribution in [3.05, 3.63) is 53.1 Å². The Balaban J connectivity index is 1.72. The van der Waals surface area contributed by atoms with E-state index in [2.05, 4.69) is 37.4 Å². The maximum absolute atomic E-state index is 13.4. The lowest BCUT2D eigenvalue weighted by atomic mass is 9.94. The van der Waals surface area contributed by atoms with Crippen molar-refractivity contribution in [3.63, 3.8) is 0 Å². The Hall–Kier alpha value is -2.82. The molecular formula is C22H24N2O3. The van der Waals surface area contributed by atoms with Gasteiger partial charge < -0.3 is 15.0 Å². The minimum Gasteiger partial charge on any atom is -0.478 e. The number of rotatable bonds is 2. The maximum Gasteiger partial charge on any atom is 0.265 e. The third-order valence-electron chi connectivity index (χ3n) is 5.30. The normalized spacial score (nSPS) is 18.4. The third-order valence-corrected chi connectivity index (χ3v) is 5.30. The van der Waals surface area contributed by atoms with Gasteiger partial charge in [0.15, 0.2) is 11.9 Å². The Bertz CT molecular complexity index is 920. The van der Waals surface area contributed by atoms with Gasteiger partial charge in [-0.1, -0.05) is 32.0 Å². The summed E-state index contributed by atoms with van der Waals surface area (Å²) in [4.78, 5) is 27.1. The fourth-order valence-corrected chi connectivity index (χ4v) is 3.73. The van der Waals surface area contributed by atoms with Crippen molar-refractivity contribution < 1.29 is 14.3 Å². The topological polar surface area (TPSA) is 58.6 Å². The van der Waals surface area contributed by atoms with E-state index in [-0.39, 0.29) is 11.8 Å². The molecule has 1 atom stereocenters. The number of nitrogens with one attached hydrogen (secondary N) is 1. The van der Waals surface area contributed by atoms with Crippen molar-refractivity contribution in [2.45, 2.75) is 45.6 Å². The fraction of sp³-hybridized carbons (Fsp3) is 0.364. The minimum atomic E-state index is -0.617. The van der Waals surface area contributed by atoms with Gasteiger partial charge in [0.1, 0.15) is 0 Å². The number of hydrogen-bond acceptors (Lipinski definition) is 3. The number of benzene rings is 2. The first-order valence-electron chi connectivity index (χ1n) is 9.51. The average molecular weight is 364 g/mol. The molecule has 4 rings (SSSR count). The van der Waals surface area contributed by atoms with Gasteiger partial charge in [0.25, 0.3) is 11.8 Å². The lowest BCUT2D eigenvalue weighted by Gasteiger charge is -2.32. The number of aryl methyl sites for hydroxylation is 1. The monoisotopic (exact) mass is 364 g/mol. The Labute approximate surface area is 159 Å². The van der Waals surface area contributed by atoms with E-state index in [9.17, 15) is 9.59 Å². The quantitative estimate of drug-likeness (QED) is 0.872. The summed E-state index contributed by atoms with van der Waals surface area (Å²) >= 11 is 0. The van der Waals surface area contributed by atoms with Crippen LogP contribution in [-0.4, -0.2) is 24.5 Å². The second-order valence-electron chi connectivity index (χ2n) is 7.53. The van der Waals surface area contributed by atoms with Gasteiger partial charge in [-0.2, -0.15) is 0 Å². The van der Waals surface area contributed by atoms with Crippen LogP contribution in [0.15, 0.2) is 36.4 Å². The predicted molar refractivity (Wildman–Crippen MR) is 106 cm³/mol. The van der Waals surface area contributed by atoms with E-state index < -0.39 is 6.10 Å². The summed E-state index contributed by atoms with van der Waals surface area (Å²) < 4.78 is 5.77. The number of carbonyl (C=O) groups excluding carboxylic acids is 2. The Kier molecular flexibility index (Phi) is 4.38. The molecular weight excluding hydrogens is 340 g/mol. The van der Waals surface area contributed by atoms with Crippen LogP contribution in [0.25, 0.3) is 0 Å². The van der Waals surface area contributed by atoms with Crippen molar-refractivity contribution in [2.24, 2.45) is 0 Å². The molecule has 140 valence electrons. The van der Waals surface area contributed by atoms with Crippen LogP contribution in [0, 0.1) is 0 Å². The molecule has 0 spiro atoms. The van der Waals surface area contributed by atoms with Crippen molar-refractivity contribution in [3.8, 4) is 5.75 Å². The molecule has 2 aromatic carbocycles. The summed E-state index contributed by atoms with van der Waals surface area (Å²) in [6.07, 6.45) is 1.30. The average Bonchev–Trinajstić information content (AvgIpc) is 2.67. The molecule has 2 heterocycles. The standard InChI is InChI=1S/C22H24N2O3/c1-13(2)15-9-10-19-16(12-15)6-5-11-24(19)22(26)17-7-4-8-18-20(17)27-14(3)21(25)23-18/h4,7-10,12-14H,5-6,11H2,1-3H3,(H,23,25). The molecule has 0 aromatic heterocycles. The molecule has 5 heteroatoms. The molecule has 2 amide bonds. The fourth-order valence-electron chi connectivity index (χ4n) is 3.73. The zero-order valence-corrected chi connectivity index (χ0v) is 15.9. The molecule has 1 unspecified atom stereocenters. The summed E-state index contributed by atoms with van der Waals surface area (Å²) in [5.41, 5.74) is 4.52. The SMILES string of the molecule is CC1Oc2c(cccc2C(=O)N2CCCc3cc(C(C)C)ccc32)NC1=O. The number of ether oxygens (including phenoxy) is 1. The van der Waals surface area contributed by atoms with Crippen molar-refractivity contribution in [2.75, 3.05) is 16.8 Å². The molecule has 2 aromatic rings. The molecule has 0 fully saturated rings. The molecule has 0 radical (unpaired) electrons. The zero-order chi connectivity index (χ0) is 19.1. The summed E-state index contributed by atoms with van der Waals surface area (Å²) in [6.45, 7) is 6.72. The van der Waals surface area contributed by atoms with Crippen LogP contribution in [-0.2, 0) is 11.2 Å². The summed E-state index contributed by atoms with van der Waals surface area (Å²) in [5.74, 6) is 0.631. The Morgan fingerprint density at radius 2 is 2.07 bits per heavy atom. The van der Waals surface area contributed by atoms with Gasteiger partial charge in [-0.3, -0.25) is 9.59 Å². The van der Waals surface area contributed by atoms with Crippen LogP contribution in [0.4, 0.5) is 11.4 Å². The van der Waals surface area contributed by atoms with E-state index in [4.69, 9.17) is 4.74 Å². The second-order valence-corrected chi connectivity index (χ2v) is 7.53. The lowest BCUT2D eigenvalue weighted by molar-refractivity contribution is -0.122. The first kappa shape index (κ1) is 17.6. The van der Waals surface area contributed by atoms with Crippen LogP contribution in [0.5, 0.6) is 5.75 Å². The van der Waals surface area contributed by atoms with Crippen LogP contribution in [0.1, 0.15) is 54.6 Å². The van der Waals surface area contributed by atoms with Crippen molar-refractivity contribution in [1.82, 2.24) is 0 Å². The number of amides is 2. The number of para-hydroxylation sites is 1. The highest BCUT2D eigenvalue weighted by molar-refractivity contribution is 6.11. The smallest absolute Gasteiger partial charge is 0.265 e. The lowest BCUT2D eigenvalue weighted by Crippen LogP contribution is -2.38. The second kappa shape index (κ2) is 6.72. The molecule has 0 aliphatic carbocycles. The number of carbonyl (C=O) groups is 2. The molecule has 1 N–H and O–H groups in total. The largest absolute Gasteiger partial charge is 0.478 e. The van der Waals surface area contributed by atoms with E-state index in [1.165, 1.54) is 11.1 Å². The van der Waals surface area contributed by atoms with Crippen LogP contribution < -0.4 is 15.0 Å². The number of nitrogens with zero attached hydrogens (tertiary/aromatic N) is 1. The molecule has 2 aliphatic rings. The van der Waals surface area contributed by atoms with Gasteiger partial charge >= 0.3 is 0 Å². The molecule has 5 nitrogen and oxygen atoms in total. The van der Waals surface area contributed by atoms with Crippen molar-refractivity contribution in [1.29, 1.82) is 0 Å². The highest BCUT2D eigenvalue weighted by atomic mass is 16.5.